The van der Waals surface area contributed by atoms with Crippen molar-refractivity contribution in [1.82, 2.24) is 0 Å². The second-order valence-electron chi connectivity index (χ2n) is 7.09. The van der Waals surface area contributed by atoms with Crippen LogP contribution in [0.15, 0.2) is 91.0 Å². The molecule has 0 aliphatic heterocycles. The third-order valence-electron chi connectivity index (χ3n) is 5.35. The molecule has 0 atom stereocenters. The molecule has 0 saturated heterocycles. The van der Waals surface area contributed by atoms with Crippen LogP contribution in [0.1, 0.15) is 25.1 Å². The summed E-state index contributed by atoms with van der Waals surface area (Å²) in [5.74, 6) is 0. The highest BCUT2D eigenvalue weighted by atomic mass is 15.1. The van der Waals surface area contributed by atoms with Gasteiger partial charge in [-0.05, 0) is 49.8 Å². The number of fused-ring (bicyclic) bond motifs is 1. The lowest BCUT2D eigenvalue weighted by Gasteiger charge is -2.20. The molecule has 144 valence electrons. The molecule has 0 N–H and O–H groups in total. The summed E-state index contributed by atoms with van der Waals surface area (Å²) < 4.78 is 2.32. The van der Waals surface area contributed by atoms with Gasteiger partial charge in [-0.3, -0.25) is 0 Å². The molecule has 0 radical (unpaired) electrons. The van der Waals surface area contributed by atoms with E-state index in [1.807, 2.05) is 0 Å². The largest absolute Gasteiger partial charge is 0.372 e. The second-order valence-corrected chi connectivity index (χ2v) is 7.09. The number of pyridine rings is 1. The molecule has 4 rings (SSSR count). The van der Waals surface area contributed by atoms with Gasteiger partial charge in [-0.1, -0.05) is 42.5 Å². The maximum Gasteiger partial charge on any atom is 0.218 e. The van der Waals surface area contributed by atoms with E-state index in [0.29, 0.717) is 0 Å². The number of rotatable bonds is 6. The molecule has 1 aromatic heterocycles. The molecule has 0 fully saturated rings. The maximum absolute atomic E-state index is 2.36. The highest BCUT2D eigenvalue weighted by Crippen LogP contribution is 2.18. The van der Waals surface area contributed by atoms with E-state index in [1.165, 1.54) is 27.8 Å². The zero-order valence-corrected chi connectivity index (χ0v) is 17.1. The predicted molar refractivity (Wildman–Crippen MR) is 124 cm³/mol. The lowest BCUT2D eigenvalue weighted by molar-refractivity contribution is -0.569. The SMILES string of the molecule is CCN(CC)c1ccc(/C=C/c2ccc3ccccc3[n+]2-c2ccccc2)cc1. The first-order chi connectivity index (χ1) is 14.3. The van der Waals surface area contributed by atoms with E-state index in [-0.39, 0.29) is 0 Å². The molecular formula is C27H27N2+. The van der Waals surface area contributed by atoms with E-state index >= 15 is 0 Å². The summed E-state index contributed by atoms with van der Waals surface area (Å²) in [6.07, 6.45) is 4.39. The number of hydrogen-bond donors (Lipinski definition) is 0. The van der Waals surface area contributed by atoms with Crippen LogP contribution in [0.2, 0.25) is 0 Å². The number of benzene rings is 3. The van der Waals surface area contributed by atoms with Gasteiger partial charge < -0.3 is 4.90 Å². The fourth-order valence-electron chi connectivity index (χ4n) is 3.78. The summed E-state index contributed by atoms with van der Waals surface area (Å²) in [5.41, 5.74) is 6.01. The molecule has 0 aliphatic rings. The van der Waals surface area contributed by atoms with Crippen LogP contribution in [-0.2, 0) is 0 Å². The summed E-state index contributed by atoms with van der Waals surface area (Å²) >= 11 is 0. The molecule has 2 nitrogen and oxygen atoms in total. The normalized spacial score (nSPS) is 11.2. The van der Waals surface area contributed by atoms with Gasteiger partial charge >= 0.3 is 0 Å². The molecule has 0 saturated carbocycles. The van der Waals surface area contributed by atoms with Gasteiger partial charge in [-0.25, -0.2) is 0 Å². The van der Waals surface area contributed by atoms with Crippen molar-refractivity contribution >= 4 is 28.7 Å². The van der Waals surface area contributed by atoms with E-state index in [9.17, 15) is 0 Å². The Morgan fingerprint density at radius 3 is 2.10 bits per heavy atom. The van der Waals surface area contributed by atoms with Crippen LogP contribution in [0.3, 0.4) is 0 Å². The summed E-state index contributed by atoms with van der Waals surface area (Å²) in [5, 5.41) is 1.23. The van der Waals surface area contributed by atoms with Crippen LogP contribution in [0.5, 0.6) is 0 Å². The van der Waals surface area contributed by atoms with Crippen LogP contribution >= 0.6 is 0 Å². The molecule has 0 bridgehead atoms. The number of para-hydroxylation sites is 2. The number of hydrogen-bond acceptors (Lipinski definition) is 1. The molecular weight excluding hydrogens is 352 g/mol. The van der Waals surface area contributed by atoms with Crippen molar-refractivity contribution in [3.63, 3.8) is 0 Å². The van der Waals surface area contributed by atoms with E-state index in [2.05, 4.69) is 126 Å². The van der Waals surface area contributed by atoms with Gasteiger partial charge in [0, 0.05) is 54.5 Å². The monoisotopic (exact) mass is 379 g/mol. The summed E-state index contributed by atoms with van der Waals surface area (Å²) in [6.45, 7) is 6.44. The minimum absolute atomic E-state index is 1.03. The third kappa shape index (κ3) is 4.07. The van der Waals surface area contributed by atoms with Crippen molar-refractivity contribution in [2.75, 3.05) is 18.0 Å². The Morgan fingerprint density at radius 2 is 1.38 bits per heavy atom. The molecule has 0 amide bonds. The van der Waals surface area contributed by atoms with Crippen molar-refractivity contribution < 1.29 is 4.57 Å². The van der Waals surface area contributed by atoms with Crippen molar-refractivity contribution in [1.29, 1.82) is 0 Å². The van der Waals surface area contributed by atoms with Gasteiger partial charge in [-0.15, -0.1) is 0 Å². The highest BCUT2D eigenvalue weighted by molar-refractivity contribution is 5.78. The fourth-order valence-corrected chi connectivity index (χ4v) is 3.78. The first-order valence-corrected chi connectivity index (χ1v) is 10.3. The Bertz CT molecular complexity index is 1110. The third-order valence-corrected chi connectivity index (χ3v) is 5.35. The minimum Gasteiger partial charge on any atom is -0.372 e. The van der Waals surface area contributed by atoms with Gasteiger partial charge in [0.1, 0.15) is 0 Å². The zero-order chi connectivity index (χ0) is 20.1. The van der Waals surface area contributed by atoms with E-state index in [4.69, 9.17) is 0 Å². The summed E-state index contributed by atoms with van der Waals surface area (Å²) in [7, 11) is 0. The Labute approximate surface area is 173 Å². The average Bonchev–Trinajstić information content (AvgIpc) is 2.79. The van der Waals surface area contributed by atoms with Gasteiger partial charge in [0.15, 0.2) is 0 Å². The first-order valence-electron chi connectivity index (χ1n) is 10.3. The molecule has 3 aromatic carbocycles. The van der Waals surface area contributed by atoms with Crippen molar-refractivity contribution in [3.05, 3.63) is 102 Å². The van der Waals surface area contributed by atoms with Gasteiger partial charge in [0.2, 0.25) is 16.9 Å². The molecule has 0 spiro atoms. The topological polar surface area (TPSA) is 7.12 Å². The molecule has 2 heteroatoms. The van der Waals surface area contributed by atoms with Crippen LogP contribution in [-0.4, -0.2) is 13.1 Å². The van der Waals surface area contributed by atoms with E-state index in [0.717, 1.165) is 18.8 Å². The van der Waals surface area contributed by atoms with Crippen LogP contribution < -0.4 is 9.47 Å². The van der Waals surface area contributed by atoms with Gasteiger partial charge in [0.25, 0.3) is 0 Å². The molecule has 4 aromatic rings. The molecule has 1 heterocycles. The Hall–Kier alpha value is -3.39. The van der Waals surface area contributed by atoms with Crippen molar-refractivity contribution in [3.8, 4) is 5.69 Å². The van der Waals surface area contributed by atoms with Crippen LogP contribution in [0.25, 0.3) is 28.7 Å². The lowest BCUT2D eigenvalue weighted by Crippen LogP contribution is -2.34. The smallest absolute Gasteiger partial charge is 0.218 e. The molecule has 29 heavy (non-hydrogen) atoms. The second kappa shape index (κ2) is 8.74. The van der Waals surface area contributed by atoms with Crippen molar-refractivity contribution in [2.45, 2.75) is 13.8 Å². The Morgan fingerprint density at radius 1 is 0.690 bits per heavy atom. The minimum atomic E-state index is 1.03. The number of anilines is 1. The summed E-state index contributed by atoms with van der Waals surface area (Å²) in [4.78, 5) is 2.36. The number of nitrogens with zero attached hydrogens (tertiary/aromatic N) is 2. The lowest BCUT2D eigenvalue weighted by atomic mass is 10.1. The quantitative estimate of drug-likeness (QED) is 0.365. The molecule has 0 aliphatic carbocycles. The van der Waals surface area contributed by atoms with Crippen molar-refractivity contribution in [2.24, 2.45) is 0 Å². The Balaban J connectivity index is 1.73. The standard InChI is InChI=1S/C27H27N2/c1-3-28(4-2)24-18-14-22(15-19-24)16-20-26-21-17-23-10-8-9-13-27(23)29(26)25-11-6-5-7-12-25/h5-21H,3-4H2,1-2H3/q+1. The highest BCUT2D eigenvalue weighted by Gasteiger charge is 2.16. The van der Waals surface area contributed by atoms with Gasteiger partial charge in [0.05, 0.1) is 0 Å². The predicted octanol–water partition coefficient (Wildman–Crippen LogP) is 6.13. The van der Waals surface area contributed by atoms with E-state index < -0.39 is 0 Å². The summed E-state index contributed by atoms with van der Waals surface area (Å²) in [6, 6.07) is 32.2. The first kappa shape index (κ1) is 18.9. The number of aromatic nitrogens is 1. The average molecular weight is 380 g/mol. The molecule has 0 unspecified atom stereocenters. The Kier molecular flexibility index (Phi) is 5.71. The maximum atomic E-state index is 2.36. The zero-order valence-electron chi connectivity index (χ0n) is 17.1. The van der Waals surface area contributed by atoms with Crippen LogP contribution in [0, 0.1) is 0 Å². The van der Waals surface area contributed by atoms with Gasteiger partial charge in [-0.2, -0.15) is 4.57 Å². The fraction of sp³-hybridized carbons (Fsp3) is 0.148. The van der Waals surface area contributed by atoms with E-state index in [1.54, 1.807) is 0 Å². The van der Waals surface area contributed by atoms with Crippen LogP contribution in [0.4, 0.5) is 5.69 Å².